The van der Waals surface area contributed by atoms with Crippen LogP contribution in [0.25, 0.3) is 0 Å². The molecule has 3 rings (SSSR count). The minimum absolute atomic E-state index is 0.794. The maximum Gasteiger partial charge on any atom is 0.0218 e. The summed E-state index contributed by atoms with van der Waals surface area (Å²) in [5.41, 5.74) is 0. The second-order valence-electron chi connectivity index (χ2n) is 5.53. The van der Waals surface area contributed by atoms with Crippen LogP contribution in [0.2, 0.25) is 0 Å². The summed E-state index contributed by atoms with van der Waals surface area (Å²) >= 11 is 0. The lowest BCUT2D eigenvalue weighted by Crippen LogP contribution is -2.51. The molecule has 1 saturated carbocycles. The lowest BCUT2D eigenvalue weighted by atomic mass is 9.71. The van der Waals surface area contributed by atoms with E-state index in [0.29, 0.717) is 0 Å². The summed E-state index contributed by atoms with van der Waals surface area (Å²) in [6, 6.07) is 1.59. The van der Waals surface area contributed by atoms with Crippen molar-refractivity contribution in [3.63, 3.8) is 0 Å². The number of allylic oxidation sites excluding steroid dienone is 1. The van der Waals surface area contributed by atoms with Crippen LogP contribution in [0.4, 0.5) is 0 Å². The van der Waals surface area contributed by atoms with E-state index < -0.39 is 0 Å². The van der Waals surface area contributed by atoms with Crippen LogP contribution in [0.1, 0.15) is 25.7 Å². The van der Waals surface area contributed by atoms with Crippen molar-refractivity contribution in [3.05, 3.63) is 12.2 Å². The standard InChI is InChI=1S/C13H22N2/c1-15-7-3-5-11(15)9-14-13-8-10-4-2-6-12(10)13/h2,6,10-14H,3-5,7-9H2,1H3. The zero-order chi connectivity index (χ0) is 10.3. The summed E-state index contributed by atoms with van der Waals surface area (Å²) in [5.74, 6) is 1.86. The van der Waals surface area contributed by atoms with Crippen LogP contribution >= 0.6 is 0 Å². The number of fused-ring (bicyclic) bond motifs is 1. The van der Waals surface area contributed by atoms with Gasteiger partial charge in [-0.15, -0.1) is 0 Å². The van der Waals surface area contributed by atoms with E-state index in [1.165, 1.54) is 38.8 Å². The average Bonchev–Trinajstić information content (AvgIpc) is 2.75. The van der Waals surface area contributed by atoms with Crippen molar-refractivity contribution in [1.29, 1.82) is 0 Å². The molecule has 2 heteroatoms. The predicted molar refractivity (Wildman–Crippen MR) is 62.8 cm³/mol. The van der Waals surface area contributed by atoms with Gasteiger partial charge in [0.05, 0.1) is 0 Å². The predicted octanol–water partition coefficient (Wildman–Crippen LogP) is 1.63. The van der Waals surface area contributed by atoms with E-state index in [1.807, 2.05) is 0 Å². The Bertz CT molecular complexity index is 261. The van der Waals surface area contributed by atoms with Crippen LogP contribution in [0.5, 0.6) is 0 Å². The second kappa shape index (κ2) is 3.91. The van der Waals surface area contributed by atoms with Gasteiger partial charge in [-0.25, -0.2) is 0 Å². The van der Waals surface area contributed by atoms with Gasteiger partial charge in [0.2, 0.25) is 0 Å². The number of nitrogens with one attached hydrogen (secondary N) is 1. The molecule has 1 heterocycles. The van der Waals surface area contributed by atoms with Crippen LogP contribution in [0.15, 0.2) is 12.2 Å². The monoisotopic (exact) mass is 206 g/mol. The van der Waals surface area contributed by atoms with Gasteiger partial charge in [-0.1, -0.05) is 12.2 Å². The Kier molecular flexibility index (Phi) is 2.57. The molecule has 2 fully saturated rings. The van der Waals surface area contributed by atoms with Gasteiger partial charge in [-0.2, -0.15) is 0 Å². The van der Waals surface area contributed by atoms with Gasteiger partial charge >= 0.3 is 0 Å². The van der Waals surface area contributed by atoms with Crippen molar-refractivity contribution >= 4 is 0 Å². The van der Waals surface area contributed by atoms with Gasteiger partial charge in [-0.3, -0.25) is 0 Å². The van der Waals surface area contributed by atoms with Gasteiger partial charge in [0, 0.05) is 18.6 Å². The third kappa shape index (κ3) is 1.74. The number of hydrogen-bond acceptors (Lipinski definition) is 2. The van der Waals surface area contributed by atoms with Gasteiger partial charge in [-0.05, 0) is 51.1 Å². The minimum Gasteiger partial charge on any atom is -0.312 e. The highest BCUT2D eigenvalue weighted by Crippen LogP contribution is 2.42. The first-order chi connectivity index (χ1) is 7.34. The number of hydrogen-bond donors (Lipinski definition) is 1. The molecule has 4 unspecified atom stereocenters. The molecule has 84 valence electrons. The van der Waals surface area contributed by atoms with Crippen LogP contribution in [-0.2, 0) is 0 Å². The van der Waals surface area contributed by atoms with E-state index in [9.17, 15) is 0 Å². The Morgan fingerprint density at radius 1 is 1.47 bits per heavy atom. The minimum atomic E-state index is 0.794. The normalized spacial score (nSPS) is 44.3. The molecule has 2 aliphatic carbocycles. The molecular formula is C13H22N2. The highest BCUT2D eigenvalue weighted by molar-refractivity contribution is 5.13. The SMILES string of the molecule is CN1CCCC1CNC1CC2CC=CC21. The van der Waals surface area contributed by atoms with Crippen LogP contribution in [0, 0.1) is 11.8 Å². The van der Waals surface area contributed by atoms with Gasteiger partial charge < -0.3 is 10.2 Å². The van der Waals surface area contributed by atoms with E-state index >= 15 is 0 Å². The third-order valence-corrected chi connectivity index (χ3v) is 4.65. The van der Waals surface area contributed by atoms with E-state index in [2.05, 4.69) is 29.4 Å². The maximum atomic E-state index is 3.77. The number of nitrogens with zero attached hydrogens (tertiary/aromatic N) is 1. The molecule has 1 N–H and O–H groups in total. The molecule has 2 nitrogen and oxygen atoms in total. The summed E-state index contributed by atoms with van der Waals surface area (Å²) in [7, 11) is 2.26. The van der Waals surface area contributed by atoms with Crippen molar-refractivity contribution in [2.24, 2.45) is 11.8 Å². The largest absolute Gasteiger partial charge is 0.312 e. The molecule has 3 aliphatic rings. The Morgan fingerprint density at radius 3 is 3.13 bits per heavy atom. The number of likely N-dealkylation sites (tertiary alicyclic amines) is 1. The molecule has 1 aliphatic heterocycles. The Morgan fingerprint density at radius 2 is 2.40 bits per heavy atom. The van der Waals surface area contributed by atoms with Crippen molar-refractivity contribution in [2.75, 3.05) is 20.1 Å². The fraction of sp³-hybridized carbons (Fsp3) is 0.846. The average molecular weight is 206 g/mol. The van der Waals surface area contributed by atoms with Crippen LogP contribution in [0.3, 0.4) is 0 Å². The topological polar surface area (TPSA) is 15.3 Å². The van der Waals surface area contributed by atoms with Crippen LogP contribution in [-0.4, -0.2) is 37.1 Å². The first kappa shape index (κ1) is 9.86. The lowest BCUT2D eigenvalue weighted by Gasteiger charge is -2.41. The van der Waals surface area contributed by atoms with E-state index in [1.54, 1.807) is 0 Å². The molecule has 0 amide bonds. The summed E-state index contributed by atoms with van der Waals surface area (Å²) in [5, 5.41) is 3.77. The maximum absolute atomic E-state index is 3.77. The summed E-state index contributed by atoms with van der Waals surface area (Å²) in [4.78, 5) is 2.51. The quantitative estimate of drug-likeness (QED) is 0.706. The molecule has 0 aromatic heterocycles. The van der Waals surface area contributed by atoms with E-state index in [4.69, 9.17) is 0 Å². The van der Waals surface area contributed by atoms with Crippen molar-refractivity contribution in [1.82, 2.24) is 10.2 Å². The van der Waals surface area contributed by atoms with Crippen molar-refractivity contribution < 1.29 is 0 Å². The van der Waals surface area contributed by atoms with Gasteiger partial charge in [0.1, 0.15) is 0 Å². The number of rotatable bonds is 3. The zero-order valence-corrected chi connectivity index (χ0v) is 9.65. The highest BCUT2D eigenvalue weighted by Gasteiger charge is 2.40. The smallest absolute Gasteiger partial charge is 0.0218 e. The summed E-state index contributed by atoms with van der Waals surface area (Å²) < 4.78 is 0. The molecule has 4 atom stereocenters. The zero-order valence-electron chi connectivity index (χ0n) is 9.65. The lowest BCUT2D eigenvalue weighted by molar-refractivity contribution is 0.152. The Balaban J connectivity index is 1.45. The Labute approximate surface area is 92.7 Å². The summed E-state index contributed by atoms with van der Waals surface area (Å²) in [6.45, 7) is 2.50. The molecule has 0 radical (unpaired) electrons. The molecule has 15 heavy (non-hydrogen) atoms. The van der Waals surface area contributed by atoms with E-state index in [-0.39, 0.29) is 0 Å². The first-order valence-electron chi connectivity index (χ1n) is 6.45. The first-order valence-corrected chi connectivity index (χ1v) is 6.45. The van der Waals surface area contributed by atoms with Gasteiger partial charge in [0.25, 0.3) is 0 Å². The molecule has 1 saturated heterocycles. The fourth-order valence-electron chi connectivity index (χ4n) is 3.47. The molecule has 0 spiro atoms. The molecular weight excluding hydrogens is 184 g/mol. The Hall–Kier alpha value is -0.340. The van der Waals surface area contributed by atoms with E-state index in [0.717, 1.165) is 23.9 Å². The number of likely N-dealkylation sites (N-methyl/N-ethyl adjacent to an activating group) is 1. The molecule has 0 bridgehead atoms. The van der Waals surface area contributed by atoms with Crippen molar-refractivity contribution in [3.8, 4) is 0 Å². The highest BCUT2D eigenvalue weighted by atomic mass is 15.2. The molecule has 0 aromatic rings. The second-order valence-corrected chi connectivity index (χ2v) is 5.53. The van der Waals surface area contributed by atoms with Gasteiger partial charge in [0.15, 0.2) is 0 Å². The van der Waals surface area contributed by atoms with Crippen molar-refractivity contribution in [2.45, 2.75) is 37.8 Å². The summed E-state index contributed by atoms with van der Waals surface area (Å²) in [6.07, 6.45) is 10.3. The third-order valence-electron chi connectivity index (χ3n) is 4.65. The fourth-order valence-corrected chi connectivity index (χ4v) is 3.47. The van der Waals surface area contributed by atoms with Crippen LogP contribution < -0.4 is 5.32 Å². The molecule has 0 aromatic carbocycles.